The zero-order valence-corrected chi connectivity index (χ0v) is 16.6. The van der Waals surface area contributed by atoms with E-state index in [1.807, 2.05) is 29.2 Å². The summed E-state index contributed by atoms with van der Waals surface area (Å²) in [6, 6.07) is 9.36. The predicted octanol–water partition coefficient (Wildman–Crippen LogP) is 2.74. The van der Waals surface area contributed by atoms with Crippen LogP contribution in [0.3, 0.4) is 0 Å². The molecule has 28 heavy (non-hydrogen) atoms. The topological polar surface area (TPSA) is 87.1 Å². The van der Waals surface area contributed by atoms with Crippen molar-refractivity contribution < 1.29 is 4.79 Å². The highest BCUT2D eigenvalue weighted by Crippen LogP contribution is 2.18. The van der Waals surface area contributed by atoms with Crippen LogP contribution in [0.1, 0.15) is 10.4 Å². The maximum atomic E-state index is 12.6. The Labute approximate surface area is 170 Å². The fourth-order valence-corrected chi connectivity index (χ4v) is 3.36. The van der Waals surface area contributed by atoms with Crippen molar-refractivity contribution in [1.29, 1.82) is 0 Å². The average Bonchev–Trinajstić information content (AvgIpc) is 2.75. The quantitative estimate of drug-likeness (QED) is 0.668. The van der Waals surface area contributed by atoms with Crippen LogP contribution in [-0.4, -0.2) is 57.2 Å². The molecule has 1 amide bonds. The molecule has 4 rings (SSSR count). The number of pyridine rings is 2. The van der Waals surface area contributed by atoms with Gasteiger partial charge in [-0.1, -0.05) is 0 Å². The summed E-state index contributed by atoms with van der Waals surface area (Å²) in [6.07, 6.45) is 6.70. The first-order chi connectivity index (χ1) is 13.7. The molecule has 3 aromatic rings. The predicted molar refractivity (Wildman–Crippen MR) is 110 cm³/mol. The largest absolute Gasteiger partial charge is 0.352 e. The summed E-state index contributed by atoms with van der Waals surface area (Å²) < 4.78 is 0.799. The van der Waals surface area contributed by atoms with Crippen LogP contribution in [-0.2, 0) is 0 Å². The summed E-state index contributed by atoms with van der Waals surface area (Å²) in [6.45, 7) is 2.67. The summed E-state index contributed by atoms with van der Waals surface area (Å²) in [4.78, 5) is 24.6. The van der Waals surface area contributed by atoms with Crippen LogP contribution in [0.25, 0.3) is 0 Å². The molecule has 4 heterocycles. The highest BCUT2D eigenvalue weighted by atomic mass is 79.9. The number of hydrogen-bond donors (Lipinski definition) is 1. The lowest BCUT2D eigenvalue weighted by Crippen LogP contribution is -2.49. The van der Waals surface area contributed by atoms with E-state index in [1.165, 1.54) is 0 Å². The first kappa shape index (κ1) is 18.3. The second kappa shape index (κ2) is 8.30. The van der Waals surface area contributed by atoms with E-state index in [0.29, 0.717) is 37.6 Å². The lowest BCUT2D eigenvalue weighted by Gasteiger charge is -2.35. The Kier molecular flexibility index (Phi) is 5.43. The monoisotopic (exact) mass is 439 g/mol. The number of halogens is 1. The molecule has 142 valence electrons. The van der Waals surface area contributed by atoms with Gasteiger partial charge in [0.2, 0.25) is 0 Å². The molecule has 0 radical (unpaired) electrons. The van der Waals surface area contributed by atoms with Crippen LogP contribution in [0.4, 0.5) is 17.3 Å². The molecular weight excluding hydrogens is 422 g/mol. The van der Waals surface area contributed by atoms with Gasteiger partial charge in [0, 0.05) is 61.1 Å². The first-order valence-corrected chi connectivity index (χ1v) is 9.64. The van der Waals surface area contributed by atoms with Gasteiger partial charge in [-0.25, -0.2) is 0 Å². The second-order valence-corrected chi connectivity index (χ2v) is 7.22. The van der Waals surface area contributed by atoms with Gasteiger partial charge in [0.05, 0.1) is 5.56 Å². The molecule has 3 aromatic heterocycles. The first-order valence-electron chi connectivity index (χ1n) is 8.84. The molecule has 1 saturated heterocycles. The number of piperazine rings is 1. The van der Waals surface area contributed by atoms with E-state index < -0.39 is 0 Å². The van der Waals surface area contributed by atoms with E-state index in [-0.39, 0.29) is 5.91 Å². The summed E-state index contributed by atoms with van der Waals surface area (Å²) in [5.74, 6) is 1.47. The lowest BCUT2D eigenvalue weighted by molar-refractivity contribution is 0.0746. The number of aromatic nitrogens is 4. The molecule has 0 aliphatic carbocycles. The Morgan fingerprint density at radius 1 is 0.964 bits per heavy atom. The van der Waals surface area contributed by atoms with Crippen molar-refractivity contribution in [2.75, 3.05) is 36.4 Å². The SMILES string of the molecule is O=C(c1cncc(Br)c1)N1CCN(c2ccc(Nc3ccncc3)nn2)CC1. The number of amides is 1. The van der Waals surface area contributed by atoms with Crippen LogP contribution in [0.15, 0.2) is 59.6 Å². The molecule has 1 N–H and O–H groups in total. The van der Waals surface area contributed by atoms with E-state index >= 15 is 0 Å². The van der Waals surface area contributed by atoms with Gasteiger partial charge < -0.3 is 15.1 Å². The Morgan fingerprint density at radius 3 is 2.43 bits per heavy atom. The third-order valence-electron chi connectivity index (χ3n) is 4.45. The van der Waals surface area contributed by atoms with Gasteiger partial charge in [-0.3, -0.25) is 14.8 Å². The molecule has 8 nitrogen and oxygen atoms in total. The smallest absolute Gasteiger partial charge is 0.255 e. The Balaban J connectivity index is 1.35. The second-order valence-electron chi connectivity index (χ2n) is 6.31. The van der Waals surface area contributed by atoms with Crippen LogP contribution in [0.2, 0.25) is 0 Å². The van der Waals surface area contributed by atoms with Crippen LogP contribution >= 0.6 is 15.9 Å². The Morgan fingerprint density at radius 2 is 1.75 bits per heavy atom. The number of hydrogen-bond acceptors (Lipinski definition) is 7. The zero-order chi connectivity index (χ0) is 19.3. The minimum atomic E-state index is -0.00330. The minimum Gasteiger partial charge on any atom is -0.352 e. The summed E-state index contributed by atoms with van der Waals surface area (Å²) >= 11 is 3.36. The van der Waals surface area contributed by atoms with Gasteiger partial charge >= 0.3 is 0 Å². The number of anilines is 3. The molecule has 0 atom stereocenters. The fourth-order valence-electron chi connectivity index (χ4n) is 2.99. The molecule has 1 aliphatic rings. The van der Waals surface area contributed by atoms with Crippen molar-refractivity contribution in [2.24, 2.45) is 0 Å². The van der Waals surface area contributed by atoms with Crippen molar-refractivity contribution >= 4 is 39.2 Å². The fraction of sp³-hybridized carbons (Fsp3) is 0.211. The van der Waals surface area contributed by atoms with Gasteiger partial charge in [-0.2, -0.15) is 0 Å². The summed E-state index contributed by atoms with van der Waals surface area (Å²) in [7, 11) is 0. The molecule has 0 unspecified atom stereocenters. The average molecular weight is 440 g/mol. The Hall–Kier alpha value is -3.07. The van der Waals surface area contributed by atoms with Crippen molar-refractivity contribution in [3.05, 3.63) is 65.2 Å². The van der Waals surface area contributed by atoms with E-state index in [9.17, 15) is 4.79 Å². The van der Waals surface area contributed by atoms with Crippen LogP contribution in [0.5, 0.6) is 0 Å². The zero-order valence-electron chi connectivity index (χ0n) is 15.0. The maximum Gasteiger partial charge on any atom is 0.255 e. The number of nitrogens with one attached hydrogen (secondary N) is 1. The van der Waals surface area contributed by atoms with Gasteiger partial charge in [0.15, 0.2) is 11.6 Å². The van der Waals surface area contributed by atoms with Gasteiger partial charge in [0.1, 0.15) is 0 Å². The molecule has 0 bridgehead atoms. The van der Waals surface area contributed by atoms with Crippen molar-refractivity contribution in [3.8, 4) is 0 Å². The minimum absolute atomic E-state index is 0.00330. The van der Waals surface area contributed by atoms with E-state index in [1.54, 1.807) is 30.9 Å². The summed E-state index contributed by atoms with van der Waals surface area (Å²) in [5.41, 5.74) is 1.50. The number of carbonyl (C=O) groups is 1. The van der Waals surface area contributed by atoms with Crippen molar-refractivity contribution in [2.45, 2.75) is 0 Å². The molecule has 1 fully saturated rings. The van der Waals surface area contributed by atoms with Crippen molar-refractivity contribution in [1.82, 2.24) is 25.1 Å². The molecule has 9 heteroatoms. The van der Waals surface area contributed by atoms with Crippen molar-refractivity contribution in [3.63, 3.8) is 0 Å². The standard InChI is InChI=1S/C19H18BrN7O/c20-15-11-14(12-22-13-15)19(28)27-9-7-26(8-10-27)18-2-1-17(24-25-18)23-16-3-5-21-6-4-16/h1-6,11-13H,7-10H2,(H,21,23,24). The number of nitrogens with zero attached hydrogens (tertiary/aromatic N) is 6. The van der Waals surface area contributed by atoms with E-state index in [2.05, 4.69) is 46.3 Å². The van der Waals surface area contributed by atoms with Gasteiger partial charge in [-0.15, -0.1) is 10.2 Å². The maximum absolute atomic E-state index is 12.6. The molecule has 0 spiro atoms. The van der Waals surface area contributed by atoms with E-state index in [4.69, 9.17) is 0 Å². The van der Waals surface area contributed by atoms with Gasteiger partial charge in [-0.05, 0) is 46.3 Å². The highest BCUT2D eigenvalue weighted by molar-refractivity contribution is 9.10. The number of carbonyl (C=O) groups excluding carboxylic acids is 1. The Bertz CT molecular complexity index is 944. The third-order valence-corrected chi connectivity index (χ3v) is 4.88. The van der Waals surface area contributed by atoms with Crippen LogP contribution in [0, 0.1) is 0 Å². The van der Waals surface area contributed by atoms with Gasteiger partial charge in [0.25, 0.3) is 5.91 Å². The molecule has 1 aliphatic heterocycles. The molecule has 0 aromatic carbocycles. The van der Waals surface area contributed by atoms with E-state index in [0.717, 1.165) is 16.0 Å². The third kappa shape index (κ3) is 4.25. The summed E-state index contributed by atoms with van der Waals surface area (Å²) in [5, 5.41) is 11.7. The van der Waals surface area contributed by atoms with Crippen LogP contribution < -0.4 is 10.2 Å². The number of rotatable bonds is 4. The molecular formula is C19H18BrN7O. The molecule has 0 saturated carbocycles. The lowest BCUT2D eigenvalue weighted by atomic mass is 10.2. The highest BCUT2D eigenvalue weighted by Gasteiger charge is 2.23. The normalized spacial score (nSPS) is 14.0.